The number of nitrogens with zero attached hydrogens (tertiary/aromatic N) is 1. The minimum Gasteiger partial charge on any atom is -0.490 e. The fraction of sp³-hybridized carbons (Fsp3) is 0.600. The summed E-state index contributed by atoms with van der Waals surface area (Å²) in [7, 11) is 1.51. The number of nitrogens with one attached hydrogen (secondary N) is 2. The van der Waals surface area contributed by atoms with Crippen molar-refractivity contribution in [3.05, 3.63) is 0 Å². The Morgan fingerprint density at radius 3 is 2.71 bits per heavy atom. The molecule has 1 aromatic heterocycles. The molecule has 0 atom stereocenters. The van der Waals surface area contributed by atoms with Crippen LogP contribution in [0, 0.1) is 0 Å². The van der Waals surface area contributed by atoms with E-state index in [9.17, 15) is 4.79 Å². The second-order valence-corrected chi connectivity index (χ2v) is 5.36. The molecule has 17 heavy (non-hydrogen) atoms. The molecule has 7 heteroatoms. The molecule has 96 valence electrons. The molecule has 1 aromatic rings. The minimum absolute atomic E-state index is 0.0912. The maximum absolute atomic E-state index is 11.6. The first-order chi connectivity index (χ1) is 7.83. The number of carbonyl (C=O) groups excluding carboxylic acids is 1. The van der Waals surface area contributed by atoms with Crippen LogP contribution >= 0.6 is 11.5 Å². The van der Waals surface area contributed by atoms with E-state index < -0.39 is 0 Å². The maximum Gasteiger partial charge on any atom is 0.239 e. The molecule has 6 nitrogen and oxygen atoms in total. The first-order valence-electron chi connectivity index (χ1n) is 5.17. The highest BCUT2D eigenvalue weighted by molar-refractivity contribution is 7.11. The number of hydrogen-bond acceptors (Lipinski definition) is 6. The molecule has 1 rings (SSSR count). The molecular formula is C10H18N4O2S. The molecule has 0 saturated heterocycles. The summed E-state index contributed by atoms with van der Waals surface area (Å²) in [5.74, 6) is 0.723. The van der Waals surface area contributed by atoms with Gasteiger partial charge in [-0.15, -0.1) is 0 Å². The number of methoxy groups -OCH3 is 1. The Morgan fingerprint density at radius 2 is 2.18 bits per heavy atom. The lowest BCUT2D eigenvalue weighted by molar-refractivity contribution is -0.120. The van der Waals surface area contributed by atoms with Crippen LogP contribution in [-0.2, 0) is 4.79 Å². The largest absolute Gasteiger partial charge is 0.490 e. The molecule has 0 aliphatic rings. The van der Waals surface area contributed by atoms with Gasteiger partial charge in [-0.25, -0.2) is 0 Å². The Labute approximate surface area is 105 Å². The minimum atomic E-state index is -0.240. The fourth-order valence-corrected chi connectivity index (χ4v) is 1.91. The van der Waals surface area contributed by atoms with Crippen molar-refractivity contribution in [3.8, 4) is 5.75 Å². The Bertz CT molecular complexity index is 398. The molecule has 0 saturated carbocycles. The molecule has 0 unspecified atom stereocenters. The summed E-state index contributed by atoms with van der Waals surface area (Å²) in [4.78, 5) is 11.6. The van der Waals surface area contributed by atoms with Crippen LogP contribution in [0.4, 0.5) is 10.8 Å². The number of hydrogen-bond donors (Lipinski definition) is 3. The Morgan fingerprint density at radius 1 is 1.53 bits per heavy atom. The molecule has 1 heterocycles. The van der Waals surface area contributed by atoms with Gasteiger partial charge in [0.15, 0.2) is 16.6 Å². The average molecular weight is 258 g/mol. The van der Waals surface area contributed by atoms with Gasteiger partial charge < -0.3 is 21.1 Å². The lowest BCUT2D eigenvalue weighted by atomic mass is 10.1. The van der Waals surface area contributed by atoms with E-state index in [2.05, 4.69) is 15.0 Å². The number of nitrogen functional groups attached to an aromatic ring is 1. The summed E-state index contributed by atoms with van der Waals surface area (Å²) in [5.41, 5.74) is 5.35. The Hall–Kier alpha value is -1.50. The lowest BCUT2D eigenvalue weighted by Crippen LogP contribution is -2.43. The molecule has 0 bridgehead atoms. The molecule has 4 N–H and O–H groups in total. The number of rotatable bonds is 4. The van der Waals surface area contributed by atoms with Crippen LogP contribution in [0.1, 0.15) is 20.8 Å². The van der Waals surface area contributed by atoms with E-state index in [1.54, 1.807) is 0 Å². The zero-order valence-electron chi connectivity index (χ0n) is 10.5. The molecule has 0 fully saturated rings. The predicted octanol–water partition coefficient (Wildman–Crippen LogP) is 1.06. The molecule has 1 amide bonds. The molecule has 0 aliphatic carbocycles. The maximum atomic E-state index is 11.6. The highest BCUT2D eigenvalue weighted by Crippen LogP contribution is 2.34. The van der Waals surface area contributed by atoms with Gasteiger partial charge >= 0.3 is 0 Å². The average Bonchev–Trinajstić information content (AvgIpc) is 2.53. The SMILES string of the molecule is COc1c(N)nsc1NCC(=O)NC(C)(C)C. The van der Waals surface area contributed by atoms with Gasteiger partial charge in [0.05, 0.1) is 13.7 Å². The first kappa shape index (κ1) is 13.6. The Kier molecular flexibility index (Phi) is 4.17. The predicted molar refractivity (Wildman–Crippen MR) is 69.5 cm³/mol. The van der Waals surface area contributed by atoms with Crippen LogP contribution in [-0.4, -0.2) is 29.5 Å². The third-order valence-electron chi connectivity index (χ3n) is 1.80. The van der Waals surface area contributed by atoms with Gasteiger partial charge in [-0.3, -0.25) is 4.79 Å². The van der Waals surface area contributed by atoms with Gasteiger partial charge in [-0.1, -0.05) is 0 Å². The third-order valence-corrected chi connectivity index (χ3v) is 2.60. The van der Waals surface area contributed by atoms with Crippen LogP contribution in [0.3, 0.4) is 0 Å². The van der Waals surface area contributed by atoms with Crippen molar-refractivity contribution in [2.75, 3.05) is 24.7 Å². The summed E-state index contributed by atoms with van der Waals surface area (Å²) < 4.78 is 9.02. The molecule has 0 aliphatic heterocycles. The number of ether oxygens (including phenoxy) is 1. The summed E-state index contributed by atoms with van der Waals surface area (Å²) in [5, 5.41) is 6.45. The topological polar surface area (TPSA) is 89.3 Å². The van der Waals surface area contributed by atoms with Crippen molar-refractivity contribution in [1.29, 1.82) is 0 Å². The van der Waals surface area contributed by atoms with Crippen LogP contribution < -0.4 is 21.1 Å². The zero-order valence-corrected chi connectivity index (χ0v) is 11.3. The van der Waals surface area contributed by atoms with Gasteiger partial charge in [0.2, 0.25) is 5.91 Å². The highest BCUT2D eigenvalue weighted by Gasteiger charge is 2.16. The molecule has 0 radical (unpaired) electrons. The van der Waals surface area contributed by atoms with Crippen molar-refractivity contribution in [2.45, 2.75) is 26.3 Å². The molecule has 0 spiro atoms. The van der Waals surface area contributed by atoms with Gasteiger partial charge in [0, 0.05) is 5.54 Å². The first-order valence-corrected chi connectivity index (χ1v) is 5.95. The van der Waals surface area contributed by atoms with E-state index in [0.29, 0.717) is 16.6 Å². The van der Waals surface area contributed by atoms with Crippen molar-refractivity contribution in [1.82, 2.24) is 9.69 Å². The summed E-state index contributed by atoms with van der Waals surface area (Å²) in [6.07, 6.45) is 0. The van der Waals surface area contributed by atoms with E-state index in [-0.39, 0.29) is 18.0 Å². The number of nitrogens with two attached hydrogens (primary N) is 1. The Balaban J connectivity index is 2.53. The zero-order chi connectivity index (χ0) is 13.1. The normalized spacial score (nSPS) is 11.1. The monoisotopic (exact) mass is 258 g/mol. The van der Waals surface area contributed by atoms with Crippen molar-refractivity contribution >= 4 is 28.3 Å². The molecular weight excluding hydrogens is 240 g/mol. The standard InChI is InChI=1S/C10H18N4O2S/c1-10(2,3)13-6(15)5-12-9-7(16-4)8(11)14-17-9/h12H,5H2,1-4H3,(H2,11,14)(H,13,15). The van der Waals surface area contributed by atoms with Gasteiger partial charge in [-0.2, -0.15) is 4.37 Å². The fourth-order valence-electron chi connectivity index (χ4n) is 1.23. The van der Waals surface area contributed by atoms with Crippen molar-refractivity contribution in [2.24, 2.45) is 0 Å². The van der Waals surface area contributed by atoms with E-state index in [1.807, 2.05) is 20.8 Å². The van der Waals surface area contributed by atoms with Crippen LogP contribution in [0.15, 0.2) is 0 Å². The quantitative estimate of drug-likeness (QED) is 0.751. The summed E-state index contributed by atoms with van der Waals surface area (Å²) in [6.45, 7) is 5.94. The second-order valence-electron chi connectivity index (χ2n) is 4.58. The number of anilines is 2. The second kappa shape index (κ2) is 5.22. The van der Waals surface area contributed by atoms with Gasteiger partial charge in [0.1, 0.15) is 0 Å². The van der Waals surface area contributed by atoms with Crippen LogP contribution in [0.2, 0.25) is 0 Å². The van der Waals surface area contributed by atoms with Crippen molar-refractivity contribution in [3.63, 3.8) is 0 Å². The lowest BCUT2D eigenvalue weighted by Gasteiger charge is -2.20. The smallest absolute Gasteiger partial charge is 0.239 e. The van der Waals surface area contributed by atoms with E-state index >= 15 is 0 Å². The van der Waals surface area contributed by atoms with Crippen LogP contribution in [0.5, 0.6) is 5.75 Å². The van der Waals surface area contributed by atoms with E-state index in [1.165, 1.54) is 18.6 Å². The number of aromatic nitrogens is 1. The van der Waals surface area contributed by atoms with Crippen molar-refractivity contribution < 1.29 is 9.53 Å². The van der Waals surface area contributed by atoms with E-state index in [0.717, 1.165) is 0 Å². The summed E-state index contributed by atoms with van der Waals surface area (Å²) in [6, 6.07) is 0. The third kappa shape index (κ3) is 4.10. The highest BCUT2D eigenvalue weighted by atomic mass is 32.1. The number of amides is 1. The molecule has 0 aromatic carbocycles. The van der Waals surface area contributed by atoms with Crippen LogP contribution in [0.25, 0.3) is 0 Å². The van der Waals surface area contributed by atoms with Gasteiger partial charge in [-0.05, 0) is 32.3 Å². The number of carbonyl (C=O) groups is 1. The summed E-state index contributed by atoms with van der Waals surface area (Å²) >= 11 is 1.17. The van der Waals surface area contributed by atoms with Gasteiger partial charge in [0.25, 0.3) is 0 Å². The van der Waals surface area contributed by atoms with E-state index in [4.69, 9.17) is 10.5 Å².